The Labute approximate surface area is 130 Å². The molecular weight excluding hydrogens is 280 g/mol. The van der Waals surface area contributed by atoms with E-state index in [1.807, 2.05) is 18.2 Å². The Morgan fingerprint density at radius 2 is 1.91 bits per heavy atom. The van der Waals surface area contributed by atoms with Crippen molar-refractivity contribution >= 4 is 6.09 Å². The topological polar surface area (TPSA) is 72.8 Å². The molecule has 3 saturated carbocycles. The number of aliphatic hydroxyl groups excluding tert-OH is 1. The summed E-state index contributed by atoms with van der Waals surface area (Å²) in [5.41, 5.74) is 0.609. The first-order valence-corrected chi connectivity index (χ1v) is 7.90. The zero-order chi connectivity index (χ0) is 15.8. The second-order valence-corrected chi connectivity index (χ2v) is 6.87. The Hall–Kier alpha value is -1.59. The molecule has 0 radical (unpaired) electrons. The van der Waals surface area contributed by atoms with Gasteiger partial charge in [0.25, 0.3) is 0 Å². The van der Waals surface area contributed by atoms with Gasteiger partial charge in [0.05, 0.1) is 11.6 Å². The zero-order valence-corrected chi connectivity index (χ0v) is 13.0. The summed E-state index contributed by atoms with van der Waals surface area (Å²) in [5, 5.41) is 22.1. The molecule has 3 aliphatic rings. The average molecular weight is 304 g/mol. The number of nitrogens with zero attached hydrogens (tertiary/aromatic N) is 1. The Morgan fingerprint density at radius 1 is 1.27 bits per heavy atom. The highest BCUT2D eigenvalue weighted by Gasteiger charge is 2.56. The maximum atomic E-state index is 11.0. The van der Waals surface area contributed by atoms with Gasteiger partial charge in [0, 0.05) is 12.1 Å². The van der Waals surface area contributed by atoms with Crippen molar-refractivity contribution in [2.45, 2.75) is 55.8 Å². The van der Waals surface area contributed by atoms with Crippen molar-refractivity contribution in [3.05, 3.63) is 35.9 Å². The third kappa shape index (κ3) is 2.59. The van der Waals surface area contributed by atoms with Gasteiger partial charge in [-0.25, -0.2) is 4.79 Å². The highest BCUT2D eigenvalue weighted by Crippen LogP contribution is 2.49. The largest absolute Gasteiger partial charge is 0.465 e. The molecule has 0 aromatic heterocycles. The molecular formula is C17H24N2O3. The lowest BCUT2D eigenvalue weighted by molar-refractivity contribution is -0.100. The Balaban J connectivity index is 1.73. The van der Waals surface area contributed by atoms with Crippen molar-refractivity contribution in [2.24, 2.45) is 0 Å². The van der Waals surface area contributed by atoms with Crippen LogP contribution < -0.4 is 5.32 Å². The number of carboxylic acid groups (broad SMARTS) is 1. The lowest BCUT2D eigenvalue weighted by atomic mass is 9.59. The molecule has 1 unspecified atom stereocenters. The van der Waals surface area contributed by atoms with Crippen LogP contribution in [-0.4, -0.2) is 45.4 Å². The van der Waals surface area contributed by atoms with E-state index >= 15 is 0 Å². The van der Waals surface area contributed by atoms with Gasteiger partial charge in [-0.2, -0.15) is 0 Å². The van der Waals surface area contributed by atoms with Gasteiger partial charge < -0.3 is 15.5 Å². The summed E-state index contributed by atoms with van der Waals surface area (Å²) in [6, 6.07) is 10.3. The average Bonchev–Trinajstić information content (AvgIpc) is 2.49. The number of rotatable bonds is 4. The predicted octanol–water partition coefficient (Wildman–Crippen LogP) is 2.20. The number of fused-ring (bicyclic) bond motifs is 3. The number of aliphatic hydroxyl groups is 1. The molecule has 5 heteroatoms. The second-order valence-electron chi connectivity index (χ2n) is 6.87. The van der Waals surface area contributed by atoms with Gasteiger partial charge in [-0.1, -0.05) is 30.3 Å². The highest BCUT2D eigenvalue weighted by molar-refractivity contribution is 5.66. The van der Waals surface area contributed by atoms with E-state index in [9.17, 15) is 9.90 Å². The van der Waals surface area contributed by atoms with Crippen LogP contribution in [0.15, 0.2) is 30.3 Å². The number of amides is 1. The maximum Gasteiger partial charge on any atom is 0.405 e. The van der Waals surface area contributed by atoms with Gasteiger partial charge in [0.2, 0.25) is 0 Å². The van der Waals surface area contributed by atoms with Crippen LogP contribution in [0.4, 0.5) is 4.79 Å². The van der Waals surface area contributed by atoms with Crippen molar-refractivity contribution in [3.63, 3.8) is 0 Å². The summed E-state index contributed by atoms with van der Waals surface area (Å²) in [7, 11) is 2.11. The maximum absolute atomic E-state index is 11.0. The second kappa shape index (κ2) is 5.56. The molecule has 0 spiro atoms. The van der Waals surface area contributed by atoms with E-state index in [1.54, 1.807) is 0 Å². The predicted molar refractivity (Wildman–Crippen MR) is 83.6 cm³/mol. The van der Waals surface area contributed by atoms with E-state index in [2.05, 4.69) is 29.4 Å². The number of hydrogen-bond acceptors (Lipinski definition) is 3. The minimum Gasteiger partial charge on any atom is -0.465 e. The van der Waals surface area contributed by atoms with E-state index in [-0.39, 0.29) is 5.54 Å². The van der Waals surface area contributed by atoms with Gasteiger partial charge in [0.15, 0.2) is 0 Å². The van der Waals surface area contributed by atoms with Crippen LogP contribution in [0.3, 0.4) is 0 Å². The molecule has 3 N–H and O–H groups in total. The third-order valence-corrected chi connectivity index (χ3v) is 5.71. The fraction of sp³-hybridized carbons (Fsp3) is 0.588. The van der Waals surface area contributed by atoms with Gasteiger partial charge in [-0.15, -0.1) is 0 Å². The summed E-state index contributed by atoms with van der Waals surface area (Å²) < 4.78 is 0. The Morgan fingerprint density at radius 3 is 2.45 bits per heavy atom. The van der Waals surface area contributed by atoms with Crippen molar-refractivity contribution < 1.29 is 15.0 Å². The summed E-state index contributed by atoms with van der Waals surface area (Å²) >= 11 is 0. The van der Waals surface area contributed by atoms with Gasteiger partial charge in [0.1, 0.15) is 0 Å². The third-order valence-electron chi connectivity index (χ3n) is 5.71. The number of nitrogens with one attached hydrogen (secondary N) is 1. The lowest BCUT2D eigenvalue weighted by Gasteiger charge is -2.58. The molecule has 120 valence electrons. The normalized spacial score (nSPS) is 33.9. The monoisotopic (exact) mass is 304 g/mol. The summed E-state index contributed by atoms with van der Waals surface area (Å²) in [5.74, 6) is 0. The van der Waals surface area contributed by atoms with E-state index in [0.717, 1.165) is 19.4 Å². The molecule has 0 aliphatic heterocycles. The first-order chi connectivity index (χ1) is 10.5. The van der Waals surface area contributed by atoms with E-state index in [0.29, 0.717) is 19.3 Å². The van der Waals surface area contributed by atoms with E-state index in [4.69, 9.17) is 5.11 Å². The van der Waals surface area contributed by atoms with E-state index in [1.165, 1.54) is 5.56 Å². The molecule has 3 fully saturated rings. The molecule has 1 atom stereocenters. The van der Waals surface area contributed by atoms with Crippen molar-refractivity contribution in [2.75, 3.05) is 7.05 Å². The van der Waals surface area contributed by atoms with Crippen molar-refractivity contribution in [1.29, 1.82) is 0 Å². The first-order valence-electron chi connectivity index (χ1n) is 7.90. The lowest BCUT2D eigenvalue weighted by Crippen LogP contribution is -2.69. The van der Waals surface area contributed by atoms with Crippen LogP contribution in [-0.2, 0) is 6.54 Å². The summed E-state index contributed by atoms with van der Waals surface area (Å²) in [6.45, 7) is 0.854. The van der Waals surface area contributed by atoms with Crippen LogP contribution >= 0.6 is 0 Å². The van der Waals surface area contributed by atoms with Gasteiger partial charge >= 0.3 is 6.09 Å². The summed E-state index contributed by atoms with van der Waals surface area (Å²) in [6.07, 6.45) is 2.26. The van der Waals surface area contributed by atoms with Crippen molar-refractivity contribution in [1.82, 2.24) is 10.2 Å². The molecule has 1 amide bonds. The Bertz CT molecular complexity index is 538. The van der Waals surface area contributed by atoms with Crippen LogP contribution in [0.2, 0.25) is 0 Å². The molecule has 1 aromatic carbocycles. The minimum atomic E-state index is -1.04. The van der Waals surface area contributed by atoms with Gasteiger partial charge in [-0.3, -0.25) is 4.90 Å². The first kappa shape index (κ1) is 15.3. The van der Waals surface area contributed by atoms with Crippen LogP contribution in [0.5, 0.6) is 0 Å². The highest BCUT2D eigenvalue weighted by atomic mass is 16.4. The van der Waals surface area contributed by atoms with Gasteiger partial charge in [-0.05, 0) is 44.7 Å². The van der Waals surface area contributed by atoms with Crippen molar-refractivity contribution in [3.8, 4) is 0 Å². The fourth-order valence-electron chi connectivity index (χ4n) is 4.24. The Kier molecular flexibility index (Phi) is 3.87. The van der Waals surface area contributed by atoms with E-state index < -0.39 is 17.7 Å². The standard InChI is InChI=1S/C17H24N2O3/c1-19(12-13-5-3-2-4-6-13)16-7-9-17(10-8-16,14(20)11-16)18-15(21)22/h2-6,14,18,20H,7-12H2,1H3,(H,21,22). The molecule has 5 nitrogen and oxygen atoms in total. The molecule has 0 heterocycles. The fourth-order valence-corrected chi connectivity index (χ4v) is 4.24. The number of hydrogen-bond donors (Lipinski definition) is 3. The van der Waals surface area contributed by atoms with Crippen LogP contribution in [0.1, 0.15) is 37.7 Å². The number of benzene rings is 1. The molecule has 2 bridgehead atoms. The SMILES string of the molecule is CN(Cc1ccccc1)C12CCC(NC(=O)O)(CC1)C(O)C2. The zero-order valence-electron chi connectivity index (χ0n) is 13.0. The molecule has 1 aromatic rings. The summed E-state index contributed by atoms with van der Waals surface area (Å²) in [4.78, 5) is 13.4. The molecule has 4 rings (SSSR count). The molecule has 0 saturated heterocycles. The number of carbonyl (C=O) groups is 1. The molecule has 22 heavy (non-hydrogen) atoms. The van der Waals surface area contributed by atoms with Crippen LogP contribution in [0, 0.1) is 0 Å². The van der Waals surface area contributed by atoms with Crippen LogP contribution in [0.25, 0.3) is 0 Å². The minimum absolute atomic E-state index is 0.0167. The molecule has 3 aliphatic carbocycles. The smallest absolute Gasteiger partial charge is 0.405 e. The quantitative estimate of drug-likeness (QED) is 0.797.